The number of aromatic hydroxyl groups is 1. The molecule has 1 rings (SSSR count). The van der Waals surface area contributed by atoms with Crippen LogP contribution in [-0.2, 0) is 0 Å². The molecule has 0 aromatic heterocycles. The van der Waals surface area contributed by atoms with Crippen molar-refractivity contribution < 1.29 is 9.90 Å². The summed E-state index contributed by atoms with van der Waals surface area (Å²) in [6.07, 6.45) is 0. The number of thioether (sulfide) groups is 1. The highest BCUT2D eigenvalue weighted by Crippen LogP contribution is 2.15. The van der Waals surface area contributed by atoms with Gasteiger partial charge in [0.1, 0.15) is 5.75 Å². The van der Waals surface area contributed by atoms with Crippen LogP contribution in [0.5, 0.6) is 5.75 Å². The van der Waals surface area contributed by atoms with Gasteiger partial charge in [0.2, 0.25) is 5.12 Å². The standard InChI is InChI=1S/C9H10O2S/c1-2-12-9(11)7-3-5-8(10)6-4-7/h3-6,10H,2H2,1H3. The molecular formula is C9H10O2S. The van der Waals surface area contributed by atoms with E-state index in [4.69, 9.17) is 5.11 Å². The van der Waals surface area contributed by atoms with Crippen LogP contribution in [0.1, 0.15) is 17.3 Å². The average Bonchev–Trinajstić information content (AvgIpc) is 2.06. The molecule has 0 bridgehead atoms. The fraction of sp³-hybridized carbons (Fsp3) is 0.222. The zero-order chi connectivity index (χ0) is 8.97. The van der Waals surface area contributed by atoms with E-state index >= 15 is 0 Å². The first kappa shape index (κ1) is 9.13. The van der Waals surface area contributed by atoms with Crippen molar-refractivity contribution in [3.8, 4) is 5.75 Å². The maximum absolute atomic E-state index is 11.2. The van der Waals surface area contributed by atoms with Crippen molar-refractivity contribution in [2.45, 2.75) is 6.92 Å². The maximum atomic E-state index is 11.2. The minimum absolute atomic E-state index is 0.0532. The fourth-order valence-corrected chi connectivity index (χ4v) is 1.38. The molecule has 0 fully saturated rings. The Morgan fingerprint density at radius 3 is 2.50 bits per heavy atom. The van der Waals surface area contributed by atoms with Crippen LogP contribution >= 0.6 is 11.8 Å². The molecule has 0 saturated carbocycles. The Balaban J connectivity index is 2.75. The number of carbonyl (C=O) groups is 1. The van der Waals surface area contributed by atoms with E-state index in [1.54, 1.807) is 12.1 Å². The summed E-state index contributed by atoms with van der Waals surface area (Å²) < 4.78 is 0. The van der Waals surface area contributed by atoms with Crippen molar-refractivity contribution in [3.05, 3.63) is 29.8 Å². The minimum Gasteiger partial charge on any atom is -0.508 e. The van der Waals surface area contributed by atoms with Gasteiger partial charge >= 0.3 is 0 Å². The first-order valence-corrected chi connectivity index (χ1v) is 4.68. The van der Waals surface area contributed by atoms with E-state index in [0.717, 1.165) is 5.75 Å². The lowest BCUT2D eigenvalue weighted by atomic mass is 10.2. The molecule has 0 heterocycles. The molecule has 0 amide bonds. The number of phenols is 1. The fourth-order valence-electron chi connectivity index (χ4n) is 0.812. The summed E-state index contributed by atoms with van der Waals surface area (Å²) in [6.45, 7) is 1.93. The summed E-state index contributed by atoms with van der Waals surface area (Å²) in [5.74, 6) is 0.965. The molecule has 0 saturated heterocycles. The van der Waals surface area contributed by atoms with E-state index in [2.05, 4.69) is 0 Å². The normalized spacial score (nSPS) is 9.75. The second-order valence-corrected chi connectivity index (χ2v) is 3.50. The van der Waals surface area contributed by atoms with E-state index < -0.39 is 0 Å². The lowest BCUT2D eigenvalue weighted by Gasteiger charge is -1.97. The lowest BCUT2D eigenvalue weighted by molar-refractivity contribution is 0.108. The molecule has 1 N–H and O–H groups in total. The van der Waals surface area contributed by atoms with Gasteiger partial charge in [-0.15, -0.1) is 0 Å². The van der Waals surface area contributed by atoms with Gasteiger partial charge in [0.15, 0.2) is 0 Å². The second kappa shape index (κ2) is 4.16. The van der Waals surface area contributed by atoms with E-state index in [9.17, 15) is 4.79 Å². The third-order valence-corrected chi connectivity index (χ3v) is 2.17. The molecule has 1 aromatic rings. The largest absolute Gasteiger partial charge is 0.508 e. The Kier molecular flexibility index (Phi) is 3.17. The number of carbonyl (C=O) groups excluding carboxylic acids is 1. The molecule has 2 nitrogen and oxygen atoms in total. The molecule has 64 valence electrons. The molecule has 0 spiro atoms. The van der Waals surface area contributed by atoms with Gasteiger partial charge in [0.05, 0.1) is 0 Å². The monoisotopic (exact) mass is 182 g/mol. The van der Waals surface area contributed by atoms with Gasteiger partial charge in [-0.3, -0.25) is 4.79 Å². The number of hydrogen-bond donors (Lipinski definition) is 1. The zero-order valence-electron chi connectivity index (χ0n) is 6.78. The summed E-state index contributed by atoms with van der Waals surface area (Å²) in [7, 11) is 0. The highest BCUT2D eigenvalue weighted by molar-refractivity contribution is 8.14. The molecular weight excluding hydrogens is 172 g/mol. The first-order valence-electron chi connectivity index (χ1n) is 3.70. The van der Waals surface area contributed by atoms with Crippen LogP contribution in [0.15, 0.2) is 24.3 Å². The molecule has 0 radical (unpaired) electrons. The number of benzene rings is 1. The topological polar surface area (TPSA) is 37.3 Å². The predicted octanol–water partition coefficient (Wildman–Crippen LogP) is 2.29. The second-order valence-electron chi connectivity index (χ2n) is 2.27. The van der Waals surface area contributed by atoms with E-state index in [0.29, 0.717) is 5.56 Å². The van der Waals surface area contributed by atoms with Crippen LogP contribution in [0.3, 0.4) is 0 Å². The van der Waals surface area contributed by atoms with Gasteiger partial charge in [0.25, 0.3) is 0 Å². The quantitative estimate of drug-likeness (QED) is 0.762. The zero-order valence-corrected chi connectivity index (χ0v) is 7.60. The van der Waals surface area contributed by atoms with Crippen molar-refractivity contribution in [2.75, 3.05) is 5.75 Å². The predicted molar refractivity (Wildman–Crippen MR) is 50.6 cm³/mol. The summed E-state index contributed by atoms with van der Waals surface area (Å²) >= 11 is 1.27. The van der Waals surface area contributed by atoms with Gasteiger partial charge in [-0.2, -0.15) is 0 Å². The van der Waals surface area contributed by atoms with Crippen LogP contribution in [0.4, 0.5) is 0 Å². The Labute approximate surface area is 75.6 Å². The lowest BCUT2D eigenvalue weighted by Crippen LogP contribution is -1.92. The third-order valence-electron chi connectivity index (χ3n) is 1.38. The van der Waals surface area contributed by atoms with Crippen LogP contribution in [0, 0.1) is 0 Å². The number of phenolic OH excluding ortho intramolecular Hbond substituents is 1. The van der Waals surface area contributed by atoms with Crippen LogP contribution < -0.4 is 0 Å². The number of rotatable bonds is 2. The Morgan fingerprint density at radius 1 is 1.42 bits per heavy atom. The van der Waals surface area contributed by atoms with Crippen molar-refractivity contribution in [1.29, 1.82) is 0 Å². The van der Waals surface area contributed by atoms with Crippen molar-refractivity contribution >= 4 is 16.9 Å². The maximum Gasteiger partial charge on any atom is 0.219 e. The highest BCUT2D eigenvalue weighted by atomic mass is 32.2. The summed E-state index contributed by atoms with van der Waals surface area (Å²) in [4.78, 5) is 11.2. The van der Waals surface area contributed by atoms with Gasteiger partial charge in [-0.05, 0) is 30.0 Å². The van der Waals surface area contributed by atoms with E-state index in [1.807, 2.05) is 6.92 Å². The van der Waals surface area contributed by atoms with Crippen LogP contribution in [0.2, 0.25) is 0 Å². The van der Waals surface area contributed by atoms with E-state index in [1.165, 1.54) is 23.9 Å². The molecule has 0 aliphatic rings. The smallest absolute Gasteiger partial charge is 0.219 e. The molecule has 0 atom stereocenters. The number of hydrogen-bond acceptors (Lipinski definition) is 3. The SMILES string of the molecule is CCSC(=O)c1ccc(O)cc1. The summed E-state index contributed by atoms with van der Waals surface area (Å²) in [5, 5.41) is 9.00. The first-order chi connectivity index (χ1) is 5.74. The van der Waals surface area contributed by atoms with Crippen LogP contribution in [0.25, 0.3) is 0 Å². The van der Waals surface area contributed by atoms with Crippen molar-refractivity contribution in [2.24, 2.45) is 0 Å². The molecule has 0 aliphatic carbocycles. The highest BCUT2D eigenvalue weighted by Gasteiger charge is 2.03. The van der Waals surface area contributed by atoms with Crippen molar-refractivity contribution in [1.82, 2.24) is 0 Å². The molecule has 1 aromatic carbocycles. The molecule has 12 heavy (non-hydrogen) atoms. The van der Waals surface area contributed by atoms with Gasteiger partial charge in [0, 0.05) is 5.56 Å². The average molecular weight is 182 g/mol. The molecule has 0 aliphatic heterocycles. The molecule has 3 heteroatoms. The van der Waals surface area contributed by atoms with Crippen LogP contribution in [-0.4, -0.2) is 16.0 Å². The Bertz CT molecular complexity index is 266. The van der Waals surface area contributed by atoms with E-state index in [-0.39, 0.29) is 10.9 Å². The van der Waals surface area contributed by atoms with Gasteiger partial charge in [-0.1, -0.05) is 18.7 Å². The Morgan fingerprint density at radius 2 is 2.00 bits per heavy atom. The van der Waals surface area contributed by atoms with Gasteiger partial charge < -0.3 is 5.11 Å². The summed E-state index contributed by atoms with van der Waals surface area (Å²) in [6, 6.07) is 6.29. The summed E-state index contributed by atoms with van der Waals surface area (Å²) in [5.41, 5.74) is 0.639. The minimum atomic E-state index is 0.0532. The van der Waals surface area contributed by atoms with Crippen molar-refractivity contribution in [3.63, 3.8) is 0 Å². The van der Waals surface area contributed by atoms with Gasteiger partial charge in [-0.25, -0.2) is 0 Å². The Hall–Kier alpha value is -0.960. The third kappa shape index (κ3) is 2.27. The molecule has 0 unspecified atom stereocenters.